The molecule has 5 heteroatoms. The Hall–Kier alpha value is -2.81. The van der Waals surface area contributed by atoms with Gasteiger partial charge in [-0.1, -0.05) is 67.1 Å². The van der Waals surface area contributed by atoms with E-state index < -0.39 is 7.59 Å². The van der Waals surface area contributed by atoms with Gasteiger partial charge in [-0.3, -0.25) is 13.9 Å². The van der Waals surface area contributed by atoms with Crippen LogP contribution in [-0.4, -0.2) is 31.9 Å². The second kappa shape index (κ2) is 7.37. The fraction of sp³-hybridized carbons (Fsp3) is 0.259. The van der Waals surface area contributed by atoms with Gasteiger partial charge in [0.1, 0.15) is 0 Å². The molecule has 0 unspecified atom stereocenters. The van der Waals surface area contributed by atoms with Gasteiger partial charge in [0, 0.05) is 38.3 Å². The molecule has 2 aliphatic heterocycles. The Kier molecular flexibility index (Phi) is 4.57. The van der Waals surface area contributed by atoms with Crippen molar-refractivity contribution in [1.82, 2.24) is 4.67 Å². The van der Waals surface area contributed by atoms with Crippen molar-refractivity contribution in [3.8, 4) is 11.1 Å². The highest BCUT2D eigenvalue weighted by Crippen LogP contribution is 2.64. The maximum atomic E-state index is 15.0. The third-order valence-electron chi connectivity index (χ3n) is 7.24. The molecule has 0 spiro atoms. The molecular weight excluding hydrogens is 413 g/mol. The maximum absolute atomic E-state index is 15.0. The third-order valence-corrected chi connectivity index (χ3v) is 10.4. The van der Waals surface area contributed by atoms with Crippen LogP contribution in [0.4, 0.5) is 11.4 Å². The Labute approximate surface area is 189 Å². The highest BCUT2D eigenvalue weighted by Gasteiger charge is 2.44. The second-order valence-electron chi connectivity index (χ2n) is 8.94. The van der Waals surface area contributed by atoms with Crippen LogP contribution in [0.25, 0.3) is 32.7 Å². The number of nitrogens with zero attached hydrogens (tertiary/aromatic N) is 3. The summed E-state index contributed by atoms with van der Waals surface area (Å²) in [6.45, 7) is 1.75. The number of fused-ring (bicyclic) bond motifs is 7. The number of hydrogen-bond acceptors (Lipinski definition) is 1. The van der Waals surface area contributed by atoms with Gasteiger partial charge in [-0.05, 0) is 46.5 Å². The minimum absolute atomic E-state index is 0.873. The van der Waals surface area contributed by atoms with E-state index in [0.29, 0.717) is 0 Å². The Morgan fingerprint density at radius 1 is 0.625 bits per heavy atom. The van der Waals surface area contributed by atoms with Crippen LogP contribution in [-0.2, 0) is 4.57 Å². The maximum Gasteiger partial charge on any atom is 0.335 e. The zero-order valence-electron chi connectivity index (χ0n) is 18.7. The fourth-order valence-corrected chi connectivity index (χ4v) is 8.44. The van der Waals surface area contributed by atoms with Crippen molar-refractivity contribution in [3.63, 3.8) is 0 Å². The summed E-state index contributed by atoms with van der Waals surface area (Å²) in [6.07, 6.45) is 3.41. The zero-order chi connectivity index (χ0) is 21.9. The molecule has 0 aliphatic carbocycles. The first kappa shape index (κ1) is 19.8. The number of anilines is 2. The molecular formula is C27H28N3OP. The van der Waals surface area contributed by atoms with E-state index in [9.17, 15) is 0 Å². The Morgan fingerprint density at radius 3 is 1.59 bits per heavy atom. The molecule has 4 aromatic carbocycles. The van der Waals surface area contributed by atoms with Crippen molar-refractivity contribution in [1.29, 1.82) is 0 Å². The number of piperidine rings is 1. The minimum atomic E-state index is -3.04. The van der Waals surface area contributed by atoms with Gasteiger partial charge in [0.25, 0.3) is 0 Å². The van der Waals surface area contributed by atoms with E-state index in [-0.39, 0.29) is 0 Å². The Bertz CT molecular complexity index is 1300. The molecule has 32 heavy (non-hydrogen) atoms. The van der Waals surface area contributed by atoms with E-state index in [0.717, 1.165) is 37.3 Å². The monoisotopic (exact) mass is 441 g/mol. The molecule has 2 aliphatic rings. The lowest BCUT2D eigenvalue weighted by Gasteiger charge is -2.44. The van der Waals surface area contributed by atoms with Crippen LogP contribution in [0, 0.1) is 0 Å². The molecule has 2 heterocycles. The first-order valence-corrected chi connectivity index (χ1v) is 13.0. The molecule has 1 saturated heterocycles. The van der Waals surface area contributed by atoms with E-state index in [1.165, 1.54) is 39.1 Å². The summed E-state index contributed by atoms with van der Waals surface area (Å²) in [5, 5.41) is 4.82. The van der Waals surface area contributed by atoms with E-state index in [2.05, 4.69) is 86.8 Å². The zero-order valence-corrected chi connectivity index (χ0v) is 19.6. The SMILES string of the molecule is CN1c2ccc3ccccc3c2-c2c(ccc3ccccc23)N(C)P1(=O)N1CCCCC1. The molecule has 4 nitrogen and oxygen atoms in total. The molecule has 0 atom stereocenters. The van der Waals surface area contributed by atoms with Crippen molar-refractivity contribution in [3.05, 3.63) is 72.8 Å². The molecule has 0 amide bonds. The molecule has 0 saturated carbocycles. The lowest BCUT2D eigenvalue weighted by molar-refractivity contribution is 0.342. The van der Waals surface area contributed by atoms with Crippen LogP contribution in [0.1, 0.15) is 19.3 Å². The summed E-state index contributed by atoms with van der Waals surface area (Å²) in [6, 6.07) is 25.8. The summed E-state index contributed by atoms with van der Waals surface area (Å²) < 4.78 is 21.4. The Morgan fingerprint density at radius 2 is 1.09 bits per heavy atom. The number of rotatable bonds is 1. The molecule has 162 valence electrons. The average Bonchev–Trinajstić information content (AvgIpc) is 2.93. The Balaban J connectivity index is 1.76. The molecule has 1 fully saturated rings. The van der Waals surface area contributed by atoms with Gasteiger partial charge in [0.15, 0.2) is 0 Å². The topological polar surface area (TPSA) is 26.8 Å². The fourth-order valence-electron chi connectivity index (χ4n) is 5.58. The van der Waals surface area contributed by atoms with Crippen molar-refractivity contribution in [2.45, 2.75) is 19.3 Å². The molecule has 6 rings (SSSR count). The molecule has 0 bridgehead atoms. The molecule has 0 aromatic heterocycles. The second-order valence-corrected chi connectivity index (χ2v) is 11.7. The summed E-state index contributed by atoms with van der Waals surface area (Å²) in [5.74, 6) is 0. The van der Waals surface area contributed by atoms with Gasteiger partial charge >= 0.3 is 7.59 Å². The number of benzene rings is 4. The molecule has 0 N–H and O–H groups in total. The first-order chi connectivity index (χ1) is 15.6. The van der Waals surface area contributed by atoms with Gasteiger partial charge < -0.3 is 0 Å². The first-order valence-electron chi connectivity index (χ1n) is 11.5. The van der Waals surface area contributed by atoms with Crippen LogP contribution < -0.4 is 9.34 Å². The summed E-state index contributed by atoms with van der Waals surface area (Å²) >= 11 is 0. The third kappa shape index (κ3) is 2.69. The van der Waals surface area contributed by atoms with Crippen molar-refractivity contribution in [2.75, 3.05) is 36.5 Å². The average molecular weight is 442 g/mol. The van der Waals surface area contributed by atoms with Crippen LogP contribution >= 0.6 is 7.59 Å². The van der Waals surface area contributed by atoms with Crippen LogP contribution in [0.3, 0.4) is 0 Å². The quantitative estimate of drug-likeness (QED) is 0.293. The van der Waals surface area contributed by atoms with Gasteiger partial charge in [-0.25, -0.2) is 4.67 Å². The minimum Gasteiger partial charge on any atom is -0.297 e. The predicted octanol–water partition coefficient (Wildman–Crippen LogP) is 7.14. The van der Waals surface area contributed by atoms with Gasteiger partial charge in [0.2, 0.25) is 0 Å². The van der Waals surface area contributed by atoms with Crippen LogP contribution in [0.2, 0.25) is 0 Å². The van der Waals surface area contributed by atoms with Crippen molar-refractivity contribution in [2.24, 2.45) is 0 Å². The van der Waals surface area contributed by atoms with Gasteiger partial charge in [-0.15, -0.1) is 0 Å². The normalized spacial score (nSPS) is 18.4. The van der Waals surface area contributed by atoms with Crippen LogP contribution in [0.15, 0.2) is 72.8 Å². The smallest absolute Gasteiger partial charge is 0.297 e. The van der Waals surface area contributed by atoms with E-state index in [4.69, 9.17) is 0 Å². The van der Waals surface area contributed by atoms with Crippen molar-refractivity contribution >= 4 is 40.5 Å². The lowest BCUT2D eigenvalue weighted by atomic mass is 9.91. The lowest BCUT2D eigenvalue weighted by Crippen LogP contribution is -2.40. The van der Waals surface area contributed by atoms with E-state index in [1.807, 2.05) is 14.1 Å². The standard InChI is InChI=1S/C27H28N3OP/c1-28-24-16-14-20-10-4-6-12-22(20)26(24)27-23-13-7-5-11-21(23)15-17-25(27)29(2)32(28,31)30-18-8-3-9-19-30/h4-7,10-17H,3,8-9,18-19H2,1-2H3. The van der Waals surface area contributed by atoms with Gasteiger partial charge in [0.05, 0.1) is 11.4 Å². The van der Waals surface area contributed by atoms with Crippen LogP contribution in [0.5, 0.6) is 0 Å². The molecule has 4 aromatic rings. The highest BCUT2D eigenvalue weighted by atomic mass is 31.2. The highest BCUT2D eigenvalue weighted by molar-refractivity contribution is 7.64. The summed E-state index contributed by atoms with van der Waals surface area (Å²) in [4.78, 5) is 0. The van der Waals surface area contributed by atoms with E-state index >= 15 is 4.57 Å². The summed E-state index contributed by atoms with van der Waals surface area (Å²) in [5.41, 5.74) is 4.44. The predicted molar refractivity (Wildman–Crippen MR) is 137 cm³/mol. The van der Waals surface area contributed by atoms with Crippen molar-refractivity contribution < 1.29 is 4.57 Å². The van der Waals surface area contributed by atoms with E-state index in [1.54, 1.807) is 0 Å². The summed E-state index contributed by atoms with van der Waals surface area (Å²) in [7, 11) is 1.01. The number of hydrogen-bond donors (Lipinski definition) is 0. The van der Waals surface area contributed by atoms with Gasteiger partial charge in [-0.2, -0.15) is 0 Å². The largest absolute Gasteiger partial charge is 0.335 e. The molecule has 0 radical (unpaired) electrons.